The number of nitrogens with zero attached hydrogens (tertiary/aromatic N) is 5. The zero-order chi connectivity index (χ0) is 18.6. The van der Waals surface area contributed by atoms with Crippen LogP contribution in [-0.2, 0) is 0 Å². The molecule has 3 saturated heterocycles. The Morgan fingerprint density at radius 1 is 1.14 bits per heavy atom. The molecular weight excluding hydrogens is 350 g/mol. The molecule has 0 unspecified atom stereocenters. The Morgan fingerprint density at radius 3 is 2.79 bits per heavy atom. The van der Waals surface area contributed by atoms with Crippen molar-refractivity contribution >= 4 is 17.6 Å². The van der Waals surface area contributed by atoms with Gasteiger partial charge in [0.15, 0.2) is 5.82 Å². The van der Waals surface area contributed by atoms with E-state index in [1.54, 1.807) is 0 Å². The standard InChI is InChI=1S/C21H29N7/c1-2-5-15(4-1)17-10-19(26-25-17)23-18-6-7-22-20(24-18)28-14-21(11-16(28)12-21)13-27-8-3-9-27/h6-7,10,15-16H,1-5,8-9,11-14H2,(H2,22,23,24,25,26). The lowest BCUT2D eigenvalue weighted by Gasteiger charge is -2.43. The van der Waals surface area contributed by atoms with Gasteiger partial charge in [0.2, 0.25) is 5.95 Å². The monoisotopic (exact) mass is 379 g/mol. The maximum atomic E-state index is 4.81. The van der Waals surface area contributed by atoms with Crippen LogP contribution in [-0.4, -0.2) is 57.3 Å². The van der Waals surface area contributed by atoms with Gasteiger partial charge in [0, 0.05) is 48.4 Å². The van der Waals surface area contributed by atoms with Crippen LogP contribution in [0.1, 0.15) is 56.6 Å². The number of likely N-dealkylation sites (tertiary alicyclic amines) is 1. The van der Waals surface area contributed by atoms with Crippen molar-refractivity contribution in [2.75, 3.05) is 36.4 Å². The summed E-state index contributed by atoms with van der Waals surface area (Å²) in [6.07, 6.45) is 11.0. The van der Waals surface area contributed by atoms with E-state index in [0.29, 0.717) is 17.4 Å². The number of hydrogen-bond acceptors (Lipinski definition) is 6. The molecule has 2 N–H and O–H groups in total. The highest BCUT2D eigenvalue weighted by Gasteiger charge is 2.56. The van der Waals surface area contributed by atoms with Crippen molar-refractivity contribution in [3.63, 3.8) is 0 Å². The number of rotatable bonds is 6. The molecule has 28 heavy (non-hydrogen) atoms. The summed E-state index contributed by atoms with van der Waals surface area (Å²) >= 11 is 0. The van der Waals surface area contributed by atoms with Crippen LogP contribution in [0.25, 0.3) is 0 Å². The Morgan fingerprint density at radius 2 is 2.00 bits per heavy atom. The van der Waals surface area contributed by atoms with Gasteiger partial charge in [0.25, 0.3) is 0 Å². The normalized spacial score (nSPS) is 29.7. The smallest absolute Gasteiger partial charge is 0.227 e. The van der Waals surface area contributed by atoms with E-state index in [1.807, 2.05) is 12.3 Å². The summed E-state index contributed by atoms with van der Waals surface area (Å²) in [5, 5.41) is 11.0. The molecule has 7 nitrogen and oxygen atoms in total. The highest BCUT2D eigenvalue weighted by atomic mass is 15.3. The second-order valence-electron chi connectivity index (χ2n) is 9.38. The fourth-order valence-electron chi connectivity index (χ4n) is 5.74. The SMILES string of the molecule is c1cc(Nc2cc(C3CCCC3)[nH]n2)nc(N2CC3(CN4CCC4)CC2C3)n1. The molecule has 148 valence electrons. The number of aromatic nitrogens is 4. The lowest BCUT2D eigenvalue weighted by molar-refractivity contribution is 0.0699. The van der Waals surface area contributed by atoms with Crippen LogP contribution in [0.3, 0.4) is 0 Å². The zero-order valence-electron chi connectivity index (χ0n) is 16.4. The molecule has 0 amide bonds. The van der Waals surface area contributed by atoms with Crippen LogP contribution >= 0.6 is 0 Å². The summed E-state index contributed by atoms with van der Waals surface area (Å²) in [6, 6.07) is 4.70. The van der Waals surface area contributed by atoms with E-state index in [1.165, 1.54) is 70.3 Å². The summed E-state index contributed by atoms with van der Waals surface area (Å²) in [6.45, 7) is 4.94. The molecule has 5 heterocycles. The van der Waals surface area contributed by atoms with Crippen molar-refractivity contribution in [1.82, 2.24) is 25.1 Å². The van der Waals surface area contributed by atoms with Crippen molar-refractivity contribution in [2.45, 2.75) is 56.9 Å². The second-order valence-corrected chi connectivity index (χ2v) is 9.38. The predicted octanol–water partition coefficient (Wildman–Crippen LogP) is 3.28. The average molecular weight is 380 g/mol. The van der Waals surface area contributed by atoms with E-state index in [9.17, 15) is 0 Å². The van der Waals surface area contributed by atoms with Crippen LogP contribution in [0.15, 0.2) is 18.3 Å². The first-order valence-electron chi connectivity index (χ1n) is 10.9. The van der Waals surface area contributed by atoms with Gasteiger partial charge in [-0.25, -0.2) is 4.98 Å². The van der Waals surface area contributed by atoms with Crippen molar-refractivity contribution in [3.05, 3.63) is 24.0 Å². The van der Waals surface area contributed by atoms with Gasteiger partial charge in [-0.2, -0.15) is 10.1 Å². The summed E-state index contributed by atoms with van der Waals surface area (Å²) in [5.74, 6) is 3.19. The molecule has 2 aromatic heterocycles. The van der Waals surface area contributed by atoms with Crippen molar-refractivity contribution in [2.24, 2.45) is 5.41 Å². The van der Waals surface area contributed by atoms with Gasteiger partial charge in [-0.15, -0.1) is 0 Å². The fourth-order valence-corrected chi connectivity index (χ4v) is 5.74. The maximum absolute atomic E-state index is 4.81. The molecule has 5 fully saturated rings. The van der Waals surface area contributed by atoms with Crippen LogP contribution in [0.5, 0.6) is 0 Å². The molecule has 0 atom stereocenters. The lowest BCUT2D eigenvalue weighted by Crippen LogP contribution is -2.48. The maximum Gasteiger partial charge on any atom is 0.227 e. The Balaban J connectivity index is 1.14. The highest BCUT2D eigenvalue weighted by molar-refractivity contribution is 5.54. The molecule has 7 heteroatoms. The van der Waals surface area contributed by atoms with Gasteiger partial charge in [-0.05, 0) is 51.3 Å². The molecule has 5 aliphatic rings. The van der Waals surface area contributed by atoms with Gasteiger partial charge in [-0.1, -0.05) is 12.8 Å². The Labute approximate surface area is 165 Å². The molecule has 2 bridgehead atoms. The topological polar surface area (TPSA) is 73.0 Å². The van der Waals surface area contributed by atoms with Crippen molar-refractivity contribution in [3.8, 4) is 0 Å². The number of fused-ring (bicyclic) bond motifs is 1. The number of anilines is 3. The first-order valence-corrected chi connectivity index (χ1v) is 10.9. The fraction of sp³-hybridized carbons (Fsp3) is 0.667. The summed E-state index contributed by atoms with van der Waals surface area (Å²) in [4.78, 5) is 14.4. The Hall–Kier alpha value is -2.15. The van der Waals surface area contributed by atoms with Gasteiger partial charge < -0.3 is 15.1 Å². The third-order valence-electron chi connectivity index (χ3n) is 7.34. The quantitative estimate of drug-likeness (QED) is 0.802. The van der Waals surface area contributed by atoms with Crippen LogP contribution in [0, 0.1) is 5.41 Å². The molecule has 2 saturated carbocycles. The minimum absolute atomic E-state index is 0.482. The molecule has 0 radical (unpaired) electrons. The molecule has 0 aromatic carbocycles. The minimum atomic E-state index is 0.482. The summed E-state index contributed by atoms with van der Waals surface area (Å²) < 4.78 is 0. The summed E-state index contributed by atoms with van der Waals surface area (Å²) in [7, 11) is 0. The van der Waals surface area contributed by atoms with Gasteiger partial charge in [0.05, 0.1) is 0 Å². The average Bonchev–Trinajstić information content (AvgIpc) is 3.40. The van der Waals surface area contributed by atoms with E-state index in [-0.39, 0.29) is 0 Å². The third kappa shape index (κ3) is 2.87. The van der Waals surface area contributed by atoms with E-state index >= 15 is 0 Å². The molecular formula is C21H29N7. The predicted molar refractivity (Wildman–Crippen MR) is 109 cm³/mol. The van der Waals surface area contributed by atoms with E-state index in [2.05, 4.69) is 36.4 Å². The van der Waals surface area contributed by atoms with Crippen LogP contribution in [0.2, 0.25) is 0 Å². The first kappa shape index (κ1) is 16.8. The molecule has 3 aliphatic heterocycles. The van der Waals surface area contributed by atoms with Crippen molar-refractivity contribution < 1.29 is 0 Å². The summed E-state index contributed by atoms with van der Waals surface area (Å²) in [5.41, 5.74) is 1.73. The number of H-pyrrole nitrogens is 1. The van der Waals surface area contributed by atoms with E-state index in [0.717, 1.165) is 24.1 Å². The molecule has 7 rings (SSSR count). The zero-order valence-corrected chi connectivity index (χ0v) is 16.4. The number of nitrogens with one attached hydrogen (secondary N) is 2. The lowest BCUT2D eigenvalue weighted by atomic mass is 9.69. The van der Waals surface area contributed by atoms with Crippen LogP contribution in [0.4, 0.5) is 17.6 Å². The van der Waals surface area contributed by atoms with Gasteiger partial charge >= 0.3 is 0 Å². The minimum Gasteiger partial charge on any atom is -0.337 e. The largest absolute Gasteiger partial charge is 0.337 e. The highest BCUT2D eigenvalue weighted by Crippen LogP contribution is 2.53. The Bertz CT molecular complexity index is 846. The van der Waals surface area contributed by atoms with Crippen molar-refractivity contribution in [1.29, 1.82) is 0 Å². The number of aromatic amines is 1. The molecule has 2 aliphatic carbocycles. The Kier molecular flexibility index (Phi) is 3.86. The van der Waals surface area contributed by atoms with Gasteiger partial charge in [0.1, 0.15) is 5.82 Å². The molecule has 2 aromatic rings. The van der Waals surface area contributed by atoms with Gasteiger partial charge in [-0.3, -0.25) is 5.10 Å². The number of hydrogen-bond donors (Lipinski definition) is 2. The molecule has 0 spiro atoms. The second kappa shape index (κ2) is 6.44. The third-order valence-corrected chi connectivity index (χ3v) is 7.34. The van der Waals surface area contributed by atoms with E-state index in [4.69, 9.17) is 4.98 Å². The van der Waals surface area contributed by atoms with Crippen LogP contribution < -0.4 is 10.2 Å². The van der Waals surface area contributed by atoms with E-state index < -0.39 is 0 Å². The first-order chi connectivity index (χ1) is 13.8.